The predicted molar refractivity (Wildman–Crippen MR) is 107 cm³/mol. The van der Waals surface area contributed by atoms with Crippen molar-refractivity contribution in [2.45, 2.75) is 13.0 Å². The van der Waals surface area contributed by atoms with E-state index in [0.29, 0.717) is 5.69 Å². The number of hydrogen-bond acceptors (Lipinski definition) is 5. The molecule has 1 N–H and O–H groups in total. The van der Waals surface area contributed by atoms with Gasteiger partial charge in [0.1, 0.15) is 5.69 Å². The monoisotopic (exact) mass is 379 g/mol. The molecule has 0 radical (unpaired) electrons. The lowest BCUT2D eigenvalue weighted by Crippen LogP contribution is -2.26. The Morgan fingerprint density at radius 3 is 2.50 bits per heavy atom. The molecule has 3 aromatic rings. The molecule has 8 nitrogen and oxygen atoms in total. The van der Waals surface area contributed by atoms with Gasteiger partial charge in [-0.3, -0.25) is 14.9 Å². The molecular formula is C20H21N5O3. The number of carbonyl (C=O) groups is 1. The number of nitro groups is 1. The lowest BCUT2D eigenvalue weighted by molar-refractivity contribution is -0.384. The van der Waals surface area contributed by atoms with Crippen molar-refractivity contribution in [2.24, 2.45) is 0 Å². The maximum absolute atomic E-state index is 12.6. The summed E-state index contributed by atoms with van der Waals surface area (Å²) in [5.74, 6) is -0.361. The van der Waals surface area contributed by atoms with Crippen LogP contribution >= 0.6 is 0 Å². The van der Waals surface area contributed by atoms with Gasteiger partial charge >= 0.3 is 0 Å². The first-order valence-corrected chi connectivity index (χ1v) is 8.71. The number of anilines is 1. The van der Waals surface area contributed by atoms with Crippen LogP contribution in [0.1, 0.15) is 28.9 Å². The number of hydrogen-bond donors (Lipinski definition) is 1. The van der Waals surface area contributed by atoms with E-state index in [2.05, 4.69) is 10.3 Å². The molecule has 0 fully saturated rings. The fourth-order valence-corrected chi connectivity index (χ4v) is 2.90. The molecule has 0 aliphatic carbocycles. The highest BCUT2D eigenvalue weighted by Crippen LogP contribution is 2.28. The Morgan fingerprint density at radius 2 is 1.93 bits per heavy atom. The third-order valence-corrected chi connectivity index (χ3v) is 4.46. The lowest BCUT2D eigenvalue weighted by Gasteiger charge is -2.16. The van der Waals surface area contributed by atoms with Crippen molar-refractivity contribution in [1.82, 2.24) is 14.9 Å². The van der Waals surface area contributed by atoms with E-state index in [1.165, 1.54) is 6.07 Å². The number of nitrogens with zero attached hydrogens (tertiary/aromatic N) is 4. The zero-order chi connectivity index (χ0) is 20.3. The molecule has 1 atom stereocenters. The van der Waals surface area contributed by atoms with E-state index in [0.717, 1.165) is 11.3 Å². The largest absolute Gasteiger partial charge is 0.372 e. The van der Waals surface area contributed by atoms with Gasteiger partial charge < -0.3 is 14.8 Å². The number of benzene rings is 2. The standard InChI is InChI=1S/C20H21N5O3/c1-14(15-4-7-17(8-5-15)24-11-10-21-13-24)22-20(26)16-6-9-18(23(2)3)19(12-16)25(27)28/h4-14H,1-3H3,(H,22,26)/t14-/m0/s1. The van der Waals surface area contributed by atoms with Crippen LogP contribution in [0.5, 0.6) is 0 Å². The van der Waals surface area contributed by atoms with E-state index in [1.807, 2.05) is 42.0 Å². The molecule has 0 aliphatic rings. The number of carbonyl (C=O) groups excluding carboxylic acids is 1. The molecule has 0 saturated carbocycles. The minimum absolute atomic E-state index is 0.102. The van der Waals surface area contributed by atoms with Crippen LogP contribution in [-0.4, -0.2) is 34.5 Å². The molecular weight excluding hydrogens is 358 g/mol. The van der Waals surface area contributed by atoms with Crippen molar-refractivity contribution in [2.75, 3.05) is 19.0 Å². The number of nitrogens with one attached hydrogen (secondary N) is 1. The zero-order valence-electron chi connectivity index (χ0n) is 15.9. The zero-order valence-corrected chi connectivity index (χ0v) is 15.9. The highest BCUT2D eigenvalue weighted by Gasteiger charge is 2.20. The average molecular weight is 379 g/mol. The first kappa shape index (κ1) is 19.1. The van der Waals surface area contributed by atoms with Gasteiger partial charge in [-0.15, -0.1) is 0 Å². The minimum atomic E-state index is -0.482. The third-order valence-electron chi connectivity index (χ3n) is 4.46. The first-order chi connectivity index (χ1) is 13.4. The van der Waals surface area contributed by atoms with Crippen molar-refractivity contribution in [3.05, 3.63) is 82.4 Å². The Bertz CT molecular complexity index is 982. The Balaban J connectivity index is 1.75. The molecule has 0 spiro atoms. The summed E-state index contributed by atoms with van der Waals surface area (Å²) in [6, 6.07) is 12.0. The SMILES string of the molecule is C[C@H](NC(=O)c1ccc(N(C)C)c([N+](=O)[O-])c1)c1ccc(-n2ccnc2)cc1. The van der Waals surface area contributed by atoms with E-state index in [1.54, 1.807) is 43.7 Å². The molecule has 1 heterocycles. The highest BCUT2D eigenvalue weighted by atomic mass is 16.6. The molecule has 8 heteroatoms. The van der Waals surface area contributed by atoms with Gasteiger partial charge in [-0.25, -0.2) is 4.98 Å². The van der Waals surface area contributed by atoms with Crippen LogP contribution in [0.2, 0.25) is 0 Å². The third kappa shape index (κ3) is 4.01. The van der Waals surface area contributed by atoms with E-state index in [-0.39, 0.29) is 23.2 Å². The summed E-state index contributed by atoms with van der Waals surface area (Å²) >= 11 is 0. The van der Waals surface area contributed by atoms with Gasteiger partial charge in [0, 0.05) is 43.8 Å². The number of rotatable bonds is 6. The predicted octanol–water partition coefficient (Wildman–Crippen LogP) is 3.34. The first-order valence-electron chi connectivity index (χ1n) is 8.71. The van der Waals surface area contributed by atoms with Crippen molar-refractivity contribution in [3.63, 3.8) is 0 Å². The quantitative estimate of drug-likeness (QED) is 0.524. The van der Waals surface area contributed by atoms with Crippen LogP contribution in [0.25, 0.3) is 5.69 Å². The van der Waals surface area contributed by atoms with Crippen LogP contribution < -0.4 is 10.2 Å². The number of nitro benzene ring substituents is 1. The fourth-order valence-electron chi connectivity index (χ4n) is 2.90. The second kappa shape index (κ2) is 7.91. The maximum atomic E-state index is 12.6. The molecule has 144 valence electrons. The fraction of sp³-hybridized carbons (Fsp3) is 0.200. The van der Waals surface area contributed by atoms with E-state index >= 15 is 0 Å². The van der Waals surface area contributed by atoms with Gasteiger partial charge in [-0.2, -0.15) is 0 Å². The molecule has 0 unspecified atom stereocenters. The Kier molecular flexibility index (Phi) is 5.39. The maximum Gasteiger partial charge on any atom is 0.293 e. The normalized spacial score (nSPS) is 11.7. The van der Waals surface area contributed by atoms with E-state index in [4.69, 9.17) is 0 Å². The van der Waals surface area contributed by atoms with Gasteiger partial charge in [-0.1, -0.05) is 12.1 Å². The smallest absolute Gasteiger partial charge is 0.293 e. The topological polar surface area (TPSA) is 93.3 Å². The van der Waals surface area contributed by atoms with Gasteiger partial charge in [0.15, 0.2) is 0 Å². The van der Waals surface area contributed by atoms with Crippen LogP contribution in [0.4, 0.5) is 11.4 Å². The van der Waals surface area contributed by atoms with Crippen LogP contribution in [0.3, 0.4) is 0 Å². The summed E-state index contributed by atoms with van der Waals surface area (Å²) in [6.07, 6.45) is 5.27. The van der Waals surface area contributed by atoms with Crippen molar-refractivity contribution in [3.8, 4) is 5.69 Å². The van der Waals surface area contributed by atoms with E-state index in [9.17, 15) is 14.9 Å². The molecule has 3 rings (SSSR count). The lowest BCUT2D eigenvalue weighted by atomic mass is 10.1. The molecule has 2 aromatic carbocycles. The Morgan fingerprint density at radius 1 is 1.21 bits per heavy atom. The average Bonchev–Trinajstić information content (AvgIpc) is 3.22. The molecule has 1 amide bonds. The number of imidazole rings is 1. The summed E-state index contributed by atoms with van der Waals surface area (Å²) in [4.78, 5) is 29.1. The molecule has 1 aromatic heterocycles. The van der Waals surface area contributed by atoms with Gasteiger partial charge in [0.25, 0.3) is 11.6 Å². The number of amides is 1. The van der Waals surface area contributed by atoms with Crippen LogP contribution in [0, 0.1) is 10.1 Å². The van der Waals surface area contributed by atoms with Crippen molar-refractivity contribution >= 4 is 17.3 Å². The summed E-state index contributed by atoms with van der Waals surface area (Å²) in [5, 5.41) is 14.2. The van der Waals surface area contributed by atoms with Crippen LogP contribution in [-0.2, 0) is 0 Å². The molecule has 0 aliphatic heterocycles. The van der Waals surface area contributed by atoms with Gasteiger partial charge in [-0.05, 0) is 36.8 Å². The van der Waals surface area contributed by atoms with Gasteiger partial charge in [0.2, 0.25) is 0 Å². The molecule has 0 bridgehead atoms. The summed E-state index contributed by atoms with van der Waals surface area (Å²) in [5.41, 5.74) is 2.49. The summed E-state index contributed by atoms with van der Waals surface area (Å²) in [7, 11) is 3.44. The van der Waals surface area contributed by atoms with E-state index < -0.39 is 4.92 Å². The van der Waals surface area contributed by atoms with Gasteiger partial charge in [0.05, 0.1) is 17.3 Å². The highest BCUT2D eigenvalue weighted by molar-refractivity contribution is 5.96. The Labute approximate surface area is 162 Å². The van der Waals surface area contributed by atoms with Crippen LogP contribution in [0.15, 0.2) is 61.2 Å². The summed E-state index contributed by atoms with van der Waals surface area (Å²) in [6.45, 7) is 1.87. The number of aromatic nitrogens is 2. The Hall–Kier alpha value is -3.68. The van der Waals surface area contributed by atoms with Crippen molar-refractivity contribution in [1.29, 1.82) is 0 Å². The molecule has 28 heavy (non-hydrogen) atoms. The molecule has 0 saturated heterocycles. The second-order valence-corrected chi connectivity index (χ2v) is 6.61. The minimum Gasteiger partial charge on any atom is -0.372 e. The van der Waals surface area contributed by atoms with Crippen molar-refractivity contribution < 1.29 is 9.72 Å². The second-order valence-electron chi connectivity index (χ2n) is 6.61. The summed E-state index contributed by atoms with van der Waals surface area (Å²) < 4.78 is 1.89.